The van der Waals surface area contributed by atoms with Gasteiger partial charge >= 0.3 is 11.9 Å². The Hall–Kier alpha value is -3.57. The summed E-state index contributed by atoms with van der Waals surface area (Å²) in [7, 11) is 5.38. The predicted octanol–water partition coefficient (Wildman–Crippen LogP) is 10.1. The third kappa shape index (κ3) is 7.33. The van der Waals surface area contributed by atoms with Gasteiger partial charge in [0, 0.05) is 32.5 Å². The maximum absolute atomic E-state index is 12.7. The number of ether oxygens (including phenoxy) is 3. The maximum atomic E-state index is 12.7. The quantitative estimate of drug-likeness (QED) is 0.137. The molecule has 0 atom stereocenters. The zero-order chi connectivity index (χ0) is 35.0. The zero-order valence-corrected chi connectivity index (χ0v) is 31.3. The topological polar surface area (TPSA) is 106 Å². The van der Waals surface area contributed by atoms with Gasteiger partial charge in [-0.3, -0.25) is 0 Å². The Bertz CT molecular complexity index is 2010. The molecule has 0 amide bonds. The molecular weight excluding hydrogens is 732 g/mol. The summed E-state index contributed by atoms with van der Waals surface area (Å²) in [5, 5.41) is 20.9. The summed E-state index contributed by atoms with van der Waals surface area (Å²) in [6, 6.07) is 14.8. The molecule has 2 heterocycles. The number of esters is 2. The van der Waals surface area contributed by atoms with Gasteiger partial charge in [-0.05, 0) is 87.8 Å². The van der Waals surface area contributed by atoms with E-state index in [1.54, 1.807) is 0 Å². The first-order chi connectivity index (χ1) is 22.8. The molecule has 0 fully saturated rings. The molecule has 0 unspecified atom stereocenters. The predicted molar refractivity (Wildman–Crippen MR) is 196 cm³/mol. The standard InChI is InChI=1S/C18H14Cl2O7.C18H18ClNS.ClH/c1-5-9-16(11(20)13(22)10(5)19)26-14-6(2)8(17(23)25-4)12(21)7(3)15(14)27-18(9)24;1-20(2)11-5-7-14-15-6-3-4-8-17(15)21-18-10-9-13(19)12-16(14)18;/h21-22H,1-4H3;3-4,6-10,12H,5,11H2,1-2H3;1H. The average molecular weight is 766 g/mol. The molecule has 4 aromatic carbocycles. The van der Waals surface area contributed by atoms with Crippen LogP contribution in [0.4, 0.5) is 0 Å². The lowest BCUT2D eigenvalue weighted by molar-refractivity contribution is 0.0596. The van der Waals surface area contributed by atoms with E-state index in [-0.39, 0.29) is 67.5 Å². The lowest BCUT2D eigenvalue weighted by Gasteiger charge is -2.22. The van der Waals surface area contributed by atoms with Crippen LogP contribution in [0.1, 0.15) is 55.0 Å². The van der Waals surface area contributed by atoms with Crippen LogP contribution in [0.25, 0.3) is 5.57 Å². The first-order valence-corrected chi connectivity index (χ1v) is 16.7. The molecule has 0 radical (unpaired) electrons. The van der Waals surface area contributed by atoms with E-state index in [1.165, 1.54) is 54.4 Å². The molecule has 2 aliphatic rings. The van der Waals surface area contributed by atoms with Crippen molar-refractivity contribution in [2.24, 2.45) is 0 Å². The Morgan fingerprint density at radius 3 is 2.20 bits per heavy atom. The fourth-order valence-electron chi connectivity index (χ4n) is 5.41. The molecule has 0 saturated carbocycles. The zero-order valence-electron chi connectivity index (χ0n) is 27.4. The molecule has 0 bridgehead atoms. The highest BCUT2D eigenvalue weighted by Gasteiger charge is 2.35. The summed E-state index contributed by atoms with van der Waals surface area (Å²) >= 11 is 20.2. The normalized spacial score (nSPS) is 13.3. The molecule has 0 spiro atoms. The van der Waals surface area contributed by atoms with E-state index < -0.39 is 23.4 Å². The Morgan fingerprint density at radius 1 is 0.878 bits per heavy atom. The molecule has 0 aliphatic carbocycles. The molecule has 0 aromatic heterocycles. The molecular formula is C36H33Cl4NO7S. The van der Waals surface area contributed by atoms with E-state index in [9.17, 15) is 19.8 Å². The second-order valence-corrected chi connectivity index (χ2v) is 13.6. The highest BCUT2D eigenvalue weighted by atomic mass is 35.5. The number of hydrogen-bond acceptors (Lipinski definition) is 9. The number of hydrogen-bond donors (Lipinski definition) is 2. The molecule has 2 N–H and O–H groups in total. The van der Waals surface area contributed by atoms with Crippen LogP contribution in [0.3, 0.4) is 0 Å². The molecule has 2 aliphatic heterocycles. The number of carbonyl (C=O) groups excluding carboxylic acids is 2. The van der Waals surface area contributed by atoms with Crippen molar-refractivity contribution < 1.29 is 34.0 Å². The Kier molecular flexibility index (Phi) is 12.1. The minimum Gasteiger partial charge on any atom is -0.507 e. The van der Waals surface area contributed by atoms with E-state index >= 15 is 0 Å². The lowest BCUT2D eigenvalue weighted by Crippen LogP contribution is -2.12. The summed E-state index contributed by atoms with van der Waals surface area (Å²) in [5.41, 5.74) is 4.14. The van der Waals surface area contributed by atoms with E-state index in [2.05, 4.69) is 61.5 Å². The molecule has 258 valence electrons. The van der Waals surface area contributed by atoms with Gasteiger partial charge in [0.05, 0.1) is 12.1 Å². The van der Waals surface area contributed by atoms with Crippen molar-refractivity contribution in [1.82, 2.24) is 4.90 Å². The average Bonchev–Trinajstić information content (AvgIpc) is 3.22. The summed E-state index contributed by atoms with van der Waals surface area (Å²) in [4.78, 5) is 29.6. The van der Waals surface area contributed by atoms with Gasteiger partial charge in [0.1, 0.15) is 21.9 Å². The highest BCUT2D eigenvalue weighted by molar-refractivity contribution is 7.99. The number of aromatic hydroxyl groups is 2. The summed E-state index contributed by atoms with van der Waals surface area (Å²) < 4.78 is 15.9. The van der Waals surface area contributed by atoms with E-state index in [0.717, 1.165) is 18.0 Å². The third-order valence-corrected chi connectivity index (χ3v) is 10.1. The number of phenolic OH excluding ortho intramolecular Hbond substituents is 2. The van der Waals surface area contributed by atoms with Crippen LogP contribution in [0.5, 0.6) is 28.7 Å². The molecule has 6 rings (SSSR count). The van der Waals surface area contributed by atoms with Crippen molar-refractivity contribution in [1.29, 1.82) is 0 Å². The Balaban J connectivity index is 0.000000223. The monoisotopic (exact) mass is 763 g/mol. The minimum absolute atomic E-state index is 0. The minimum atomic E-state index is -0.835. The smallest absolute Gasteiger partial charge is 0.347 e. The second kappa shape index (κ2) is 15.5. The van der Waals surface area contributed by atoms with Crippen molar-refractivity contribution in [2.75, 3.05) is 27.7 Å². The van der Waals surface area contributed by atoms with Crippen LogP contribution in [-0.4, -0.2) is 54.8 Å². The lowest BCUT2D eigenvalue weighted by atomic mass is 9.96. The summed E-state index contributed by atoms with van der Waals surface area (Å²) in [6.07, 6.45) is 3.38. The molecule has 49 heavy (non-hydrogen) atoms. The van der Waals surface area contributed by atoms with Gasteiger partial charge in [-0.15, -0.1) is 12.4 Å². The number of benzene rings is 4. The van der Waals surface area contributed by atoms with Crippen LogP contribution in [0.2, 0.25) is 15.1 Å². The van der Waals surface area contributed by atoms with Gasteiger partial charge in [-0.1, -0.05) is 70.8 Å². The van der Waals surface area contributed by atoms with Crippen molar-refractivity contribution >= 4 is 76.5 Å². The van der Waals surface area contributed by atoms with Crippen molar-refractivity contribution in [3.63, 3.8) is 0 Å². The third-order valence-electron chi connectivity index (χ3n) is 7.95. The van der Waals surface area contributed by atoms with Crippen LogP contribution < -0.4 is 9.47 Å². The molecule has 13 heteroatoms. The highest BCUT2D eigenvalue weighted by Crippen LogP contribution is 2.53. The van der Waals surface area contributed by atoms with Gasteiger partial charge in [-0.25, -0.2) is 9.59 Å². The second-order valence-electron chi connectivity index (χ2n) is 11.4. The Labute approximate surface area is 309 Å². The van der Waals surface area contributed by atoms with Crippen LogP contribution in [0.15, 0.2) is 58.3 Å². The SMILES string of the molecule is CN(C)CCC=C1c2ccccc2Sc2ccc(Cl)cc21.COC(=O)c1c(C)c2c(c(C)c1O)OC(=O)c1c(C)c(Cl)c(O)c(Cl)c1O2.Cl. The van der Waals surface area contributed by atoms with Gasteiger partial charge in [-0.2, -0.15) is 0 Å². The van der Waals surface area contributed by atoms with Crippen LogP contribution in [-0.2, 0) is 4.74 Å². The van der Waals surface area contributed by atoms with Crippen LogP contribution >= 0.6 is 59.0 Å². The number of nitrogens with zero attached hydrogens (tertiary/aromatic N) is 1. The molecule has 0 saturated heterocycles. The number of methoxy groups -OCH3 is 1. The van der Waals surface area contributed by atoms with Crippen LogP contribution in [0, 0.1) is 20.8 Å². The number of rotatable bonds is 4. The van der Waals surface area contributed by atoms with Crippen molar-refractivity contribution in [2.45, 2.75) is 37.0 Å². The van der Waals surface area contributed by atoms with Gasteiger partial charge in [0.25, 0.3) is 0 Å². The number of phenols is 2. The number of halogens is 4. The van der Waals surface area contributed by atoms with Gasteiger partial charge in [0.15, 0.2) is 23.0 Å². The molecule has 4 aromatic rings. The summed E-state index contributed by atoms with van der Waals surface area (Å²) in [6.45, 7) is 5.48. The van der Waals surface area contributed by atoms with Crippen molar-refractivity contribution in [3.05, 3.63) is 103 Å². The largest absolute Gasteiger partial charge is 0.507 e. The first kappa shape index (κ1) is 38.2. The maximum Gasteiger partial charge on any atom is 0.347 e. The van der Waals surface area contributed by atoms with Crippen molar-refractivity contribution in [3.8, 4) is 28.7 Å². The fourth-order valence-corrected chi connectivity index (χ4v) is 7.14. The molecule has 8 nitrogen and oxygen atoms in total. The van der Waals surface area contributed by atoms with Gasteiger partial charge in [0.2, 0.25) is 0 Å². The number of carbonyl (C=O) groups is 2. The fraction of sp³-hybridized carbons (Fsp3) is 0.222. The van der Waals surface area contributed by atoms with E-state index in [4.69, 9.17) is 49.0 Å². The summed E-state index contributed by atoms with van der Waals surface area (Å²) in [5.74, 6) is -2.74. The number of fused-ring (bicyclic) bond motifs is 4. The van der Waals surface area contributed by atoms with E-state index in [1.807, 2.05) is 17.8 Å². The first-order valence-electron chi connectivity index (χ1n) is 14.7. The Morgan fingerprint density at radius 2 is 1.53 bits per heavy atom. The van der Waals surface area contributed by atoms with Gasteiger partial charge < -0.3 is 29.3 Å². The van der Waals surface area contributed by atoms with E-state index in [0.29, 0.717) is 0 Å².